The molecular formula is C18H3F13. The predicted octanol–water partition coefficient (Wildman–Crippen LogP) is 6.74. The lowest BCUT2D eigenvalue weighted by molar-refractivity contribution is 0.182. The van der Waals surface area contributed by atoms with Crippen LogP contribution in [-0.4, -0.2) is 6.17 Å². The number of benzene rings is 2. The molecule has 0 aromatic heterocycles. The summed E-state index contributed by atoms with van der Waals surface area (Å²) in [4.78, 5) is 0. The van der Waals surface area contributed by atoms with Crippen LogP contribution < -0.4 is 0 Å². The minimum atomic E-state index is -4.72. The summed E-state index contributed by atoms with van der Waals surface area (Å²) >= 11 is 0. The quantitative estimate of drug-likeness (QED) is 0.261. The average Bonchev–Trinajstić information content (AvgIpc) is 2.73. The van der Waals surface area contributed by atoms with Crippen LogP contribution in [0.3, 0.4) is 0 Å². The van der Waals surface area contributed by atoms with Gasteiger partial charge in [0.15, 0.2) is 64.4 Å². The third kappa shape index (κ3) is 2.85. The van der Waals surface area contributed by atoms with E-state index < -0.39 is 98.6 Å². The van der Waals surface area contributed by atoms with Gasteiger partial charge in [0, 0.05) is 11.6 Å². The van der Waals surface area contributed by atoms with E-state index in [0.717, 1.165) is 0 Å². The van der Waals surface area contributed by atoms with Crippen LogP contribution in [0.2, 0.25) is 0 Å². The van der Waals surface area contributed by atoms with Crippen molar-refractivity contribution in [2.75, 3.05) is 0 Å². The monoisotopic (exact) mass is 466 g/mol. The predicted molar refractivity (Wildman–Crippen MR) is 76.7 cm³/mol. The Kier molecular flexibility index (Phi) is 5.35. The lowest BCUT2D eigenvalue weighted by Crippen LogP contribution is -2.45. The maximum Gasteiger partial charge on any atom is 0.200 e. The highest BCUT2D eigenvalue weighted by molar-refractivity contribution is 5.57. The second-order valence-electron chi connectivity index (χ2n) is 6.15. The Morgan fingerprint density at radius 2 is 1.06 bits per heavy atom. The Morgan fingerprint density at radius 3 is 1.58 bits per heavy atom. The SMILES string of the molecule is FC1=C(F)C(F)C(c2cc(F)cc(F)c2F)(c2c(F)c(F)c(F)c(F)c2F)C(F)=C1F. The van der Waals surface area contributed by atoms with Gasteiger partial charge in [0.1, 0.15) is 11.2 Å². The van der Waals surface area contributed by atoms with Crippen LogP contribution in [0.25, 0.3) is 0 Å². The first-order chi connectivity index (χ1) is 14.3. The molecule has 2 aromatic carbocycles. The molecule has 0 N–H and O–H groups in total. The number of hydrogen-bond acceptors (Lipinski definition) is 0. The van der Waals surface area contributed by atoms with E-state index in [-0.39, 0.29) is 6.07 Å². The highest BCUT2D eigenvalue weighted by Crippen LogP contribution is 2.55. The molecule has 0 bridgehead atoms. The molecule has 0 amide bonds. The first-order valence-electron chi connectivity index (χ1n) is 7.72. The maximum atomic E-state index is 14.9. The van der Waals surface area contributed by atoms with Gasteiger partial charge in [0.2, 0.25) is 5.82 Å². The van der Waals surface area contributed by atoms with E-state index in [1.165, 1.54) is 0 Å². The summed E-state index contributed by atoms with van der Waals surface area (Å²) in [5.41, 5.74) is -9.73. The average molecular weight is 466 g/mol. The maximum absolute atomic E-state index is 14.9. The van der Waals surface area contributed by atoms with E-state index in [1.54, 1.807) is 0 Å². The Bertz CT molecular complexity index is 1150. The second kappa shape index (κ2) is 7.31. The molecule has 0 fully saturated rings. The van der Waals surface area contributed by atoms with Gasteiger partial charge in [-0.05, 0) is 6.07 Å². The van der Waals surface area contributed by atoms with Crippen LogP contribution in [0.15, 0.2) is 35.4 Å². The summed E-state index contributed by atoms with van der Waals surface area (Å²) in [6.07, 6.45) is -4.27. The van der Waals surface area contributed by atoms with Crippen molar-refractivity contribution in [3.63, 3.8) is 0 Å². The molecule has 3 rings (SSSR count). The lowest BCUT2D eigenvalue weighted by atomic mass is 9.66. The van der Waals surface area contributed by atoms with Gasteiger partial charge in [-0.2, -0.15) is 0 Å². The van der Waals surface area contributed by atoms with Gasteiger partial charge >= 0.3 is 0 Å². The van der Waals surface area contributed by atoms with Gasteiger partial charge in [0.25, 0.3) is 0 Å². The van der Waals surface area contributed by atoms with Crippen LogP contribution in [0.4, 0.5) is 57.1 Å². The summed E-state index contributed by atoms with van der Waals surface area (Å²) < 4.78 is 183. The van der Waals surface area contributed by atoms with Crippen molar-refractivity contribution in [3.05, 3.63) is 93.1 Å². The molecular weight excluding hydrogens is 463 g/mol. The fraction of sp³-hybridized carbons (Fsp3) is 0.111. The van der Waals surface area contributed by atoms with Crippen LogP contribution in [-0.2, 0) is 5.41 Å². The number of allylic oxidation sites excluding steroid dienone is 4. The molecule has 2 atom stereocenters. The molecule has 2 aromatic rings. The first kappa shape index (κ1) is 22.7. The summed E-state index contributed by atoms with van der Waals surface area (Å²) in [6.45, 7) is 0. The fourth-order valence-electron chi connectivity index (χ4n) is 3.21. The van der Waals surface area contributed by atoms with Crippen molar-refractivity contribution in [1.29, 1.82) is 0 Å². The van der Waals surface area contributed by atoms with Gasteiger partial charge in [0.05, 0.1) is 5.56 Å². The molecule has 1 aliphatic rings. The van der Waals surface area contributed by atoms with E-state index in [4.69, 9.17) is 0 Å². The smallest absolute Gasteiger partial charge is 0.200 e. The molecule has 0 spiro atoms. The van der Waals surface area contributed by atoms with Crippen LogP contribution >= 0.6 is 0 Å². The van der Waals surface area contributed by atoms with Crippen molar-refractivity contribution >= 4 is 0 Å². The third-order valence-electron chi connectivity index (χ3n) is 4.57. The molecule has 2 unspecified atom stereocenters. The Morgan fingerprint density at radius 1 is 0.581 bits per heavy atom. The molecule has 0 saturated carbocycles. The zero-order valence-electron chi connectivity index (χ0n) is 14.1. The standard InChI is InChI=1S/C18H3F13/c19-3-1-4(7(21)5(20)2-3)18(16(30)14(28)13(27)15(29)17(18)31)6-8(22)10(24)12(26)11(25)9(6)23/h1-2,16H. The van der Waals surface area contributed by atoms with E-state index in [9.17, 15) is 57.1 Å². The fourth-order valence-corrected chi connectivity index (χ4v) is 3.21. The highest BCUT2D eigenvalue weighted by atomic mass is 19.2. The first-order valence-corrected chi connectivity index (χ1v) is 7.72. The molecule has 1 aliphatic carbocycles. The normalized spacial score (nSPS) is 21.9. The Balaban J connectivity index is 2.68. The minimum Gasteiger partial charge on any atom is -0.238 e. The van der Waals surface area contributed by atoms with Gasteiger partial charge in [-0.3, -0.25) is 0 Å². The Hall–Kier alpha value is -2.99. The Labute approximate surface area is 162 Å². The van der Waals surface area contributed by atoms with E-state index >= 15 is 0 Å². The van der Waals surface area contributed by atoms with Crippen molar-refractivity contribution in [2.24, 2.45) is 0 Å². The van der Waals surface area contributed by atoms with Crippen LogP contribution in [0, 0.1) is 46.5 Å². The van der Waals surface area contributed by atoms with Crippen LogP contribution in [0.1, 0.15) is 11.1 Å². The number of hydrogen-bond donors (Lipinski definition) is 0. The van der Waals surface area contributed by atoms with E-state index in [2.05, 4.69) is 0 Å². The van der Waals surface area contributed by atoms with Gasteiger partial charge in [-0.15, -0.1) is 0 Å². The van der Waals surface area contributed by atoms with Gasteiger partial charge in [-0.25, -0.2) is 57.1 Å². The molecule has 0 aliphatic heterocycles. The van der Waals surface area contributed by atoms with Crippen molar-refractivity contribution in [3.8, 4) is 0 Å². The zero-order chi connectivity index (χ0) is 23.6. The van der Waals surface area contributed by atoms with Crippen molar-refractivity contribution in [1.82, 2.24) is 0 Å². The molecule has 13 heteroatoms. The van der Waals surface area contributed by atoms with Crippen LogP contribution in [0.5, 0.6) is 0 Å². The topological polar surface area (TPSA) is 0 Å². The van der Waals surface area contributed by atoms with Gasteiger partial charge in [-0.1, -0.05) is 0 Å². The summed E-state index contributed by atoms with van der Waals surface area (Å²) in [7, 11) is 0. The minimum absolute atomic E-state index is 0.272. The van der Waals surface area contributed by atoms with Gasteiger partial charge < -0.3 is 0 Å². The molecule has 0 heterocycles. The zero-order valence-corrected chi connectivity index (χ0v) is 14.1. The second-order valence-corrected chi connectivity index (χ2v) is 6.15. The molecule has 166 valence electrons. The summed E-state index contributed by atoms with van der Waals surface area (Å²) in [5, 5.41) is 0. The van der Waals surface area contributed by atoms with E-state index in [1.807, 2.05) is 0 Å². The molecule has 0 saturated heterocycles. The van der Waals surface area contributed by atoms with Crippen molar-refractivity contribution in [2.45, 2.75) is 11.6 Å². The number of alkyl halides is 1. The molecule has 0 radical (unpaired) electrons. The van der Waals surface area contributed by atoms with Crippen molar-refractivity contribution < 1.29 is 57.1 Å². The largest absolute Gasteiger partial charge is 0.238 e. The summed E-state index contributed by atoms with van der Waals surface area (Å²) in [6, 6.07) is -0.682. The number of halogens is 13. The third-order valence-corrected chi connectivity index (χ3v) is 4.57. The molecule has 0 nitrogen and oxygen atoms in total. The molecule has 31 heavy (non-hydrogen) atoms. The highest BCUT2D eigenvalue weighted by Gasteiger charge is 2.60. The summed E-state index contributed by atoms with van der Waals surface area (Å²) in [5.74, 6) is -33.9. The lowest BCUT2D eigenvalue weighted by Gasteiger charge is -2.38. The number of rotatable bonds is 2. The van der Waals surface area contributed by atoms with E-state index in [0.29, 0.717) is 0 Å².